The van der Waals surface area contributed by atoms with E-state index in [0.717, 1.165) is 4.90 Å². The highest BCUT2D eigenvalue weighted by atomic mass is 35.5. The van der Waals surface area contributed by atoms with Crippen LogP contribution in [0.25, 0.3) is 0 Å². The molecule has 1 heterocycles. The van der Waals surface area contributed by atoms with E-state index in [2.05, 4.69) is 0 Å². The van der Waals surface area contributed by atoms with Crippen LogP contribution in [0.2, 0.25) is 5.02 Å². The predicted molar refractivity (Wildman–Crippen MR) is 104 cm³/mol. The molecule has 28 heavy (non-hydrogen) atoms. The Labute approximate surface area is 168 Å². The van der Waals surface area contributed by atoms with Gasteiger partial charge in [-0.3, -0.25) is 19.3 Å². The molecule has 0 saturated carbocycles. The fourth-order valence-corrected chi connectivity index (χ4v) is 3.09. The highest BCUT2D eigenvalue weighted by Gasteiger charge is 2.35. The second-order valence-corrected chi connectivity index (χ2v) is 7.13. The first-order chi connectivity index (χ1) is 13.3. The molecule has 2 aromatic rings. The van der Waals surface area contributed by atoms with E-state index in [1.165, 1.54) is 6.07 Å². The van der Waals surface area contributed by atoms with Crippen molar-refractivity contribution >= 4 is 29.2 Å². The molecule has 0 fully saturated rings. The summed E-state index contributed by atoms with van der Waals surface area (Å²) in [5.74, 6) is -0.761. The lowest BCUT2D eigenvalue weighted by atomic mass is 10.1. The summed E-state index contributed by atoms with van der Waals surface area (Å²) in [7, 11) is 0. The maximum atomic E-state index is 12.8. The van der Waals surface area contributed by atoms with Crippen molar-refractivity contribution in [3.63, 3.8) is 0 Å². The van der Waals surface area contributed by atoms with Crippen molar-refractivity contribution in [1.29, 1.82) is 0 Å². The fraction of sp³-hybridized carbons (Fsp3) is 0.286. The zero-order valence-corrected chi connectivity index (χ0v) is 16.5. The van der Waals surface area contributed by atoms with E-state index in [1.54, 1.807) is 43.3 Å². The van der Waals surface area contributed by atoms with E-state index < -0.39 is 30.2 Å². The molecule has 0 aromatic heterocycles. The predicted octanol–water partition coefficient (Wildman–Crippen LogP) is 3.76. The van der Waals surface area contributed by atoms with Crippen LogP contribution in [-0.4, -0.2) is 41.3 Å². The first-order valence-corrected chi connectivity index (χ1v) is 9.26. The third-order valence-corrected chi connectivity index (χ3v) is 4.49. The maximum absolute atomic E-state index is 12.8. The Hall–Kier alpha value is -2.86. The number of benzene rings is 2. The number of Topliss-reactive ketones (excluding diaryl/α,β-unsaturated/α-hetero) is 1. The molecule has 7 heteroatoms. The number of halogens is 1. The second-order valence-electron chi connectivity index (χ2n) is 6.72. The molecule has 1 aliphatic rings. The van der Waals surface area contributed by atoms with Crippen molar-refractivity contribution in [3.8, 4) is 11.5 Å². The third-order valence-electron chi connectivity index (χ3n) is 4.20. The molecule has 2 amide bonds. The van der Waals surface area contributed by atoms with Crippen LogP contribution in [0.3, 0.4) is 0 Å². The van der Waals surface area contributed by atoms with Gasteiger partial charge in [-0.1, -0.05) is 23.7 Å². The topological polar surface area (TPSA) is 72.9 Å². The van der Waals surface area contributed by atoms with Gasteiger partial charge in [0.25, 0.3) is 11.8 Å². The van der Waals surface area contributed by atoms with Gasteiger partial charge in [-0.2, -0.15) is 0 Å². The van der Waals surface area contributed by atoms with Crippen molar-refractivity contribution in [2.75, 3.05) is 6.54 Å². The van der Waals surface area contributed by atoms with Crippen LogP contribution < -0.4 is 9.47 Å². The summed E-state index contributed by atoms with van der Waals surface area (Å²) < 4.78 is 11.1. The number of carbonyl (C=O) groups excluding carboxylic acids is 3. The number of amides is 2. The first-order valence-electron chi connectivity index (χ1n) is 8.88. The Kier molecular flexibility index (Phi) is 5.70. The second kappa shape index (κ2) is 8.02. The van der Waals surface area contributed by atoms with E-state index >= 15 is 0 Å². The molecule has 0 saturated heterocycles. The van der Waals surface area contributed by atoms with E-state index in [-0.39, 0.29) is 22.3 Å². The molecule has 6 nitrogen and oxygen atoms in total. The molecule has 0 aliphatic carbocycles. The van der Waals surface area contributed by atoms with Gasteiger partial charge >= 0.3 is 0 Å². The summed E-state index contributed by atoms with van der Waals surface area (Å²) >= 11 is 6.19. The van der Waals surface area contributed by atoms with Gasteiger partial charge in [0, 0.05) is 5.56 Å². The van der Waals surface area contributed by atoms with Crippen LogP contribution >= 0.6 is 11.6 Å². The van der Waals surface area contributed by atoms with Gasteiger partial charge in [0.1, 0.15) is 11.5 Å². The van der Waals surface area contributed by atoms with Crippen molar-refractivity contribution < 1.29 is 23.9 Å². The molecule has 3 rings (SSSR count). The number of nitrogens with zero attached hydrogens (tertiary/aromatic N) is 1. The molecule has 0 radical (unpaired) electrons. The number of hydrogen-bond donors (Lipinski definition) is 0. The Morgan fingerprint density at radius 1 is 1.21 bits per heavy atom. The summed E-state index contributed by atoms with van der Waals surface area (Å²) in [5.41, 5.74) is 0.527. The van der Waals surface area contributed by atoms with Crippen LogP contribution in [-0.2, 0) is 4.79 Å². The largest absolute Gasteiger partial charge is 0.489 e. The average molecular weight is 402 g/mol. The highest BCUT2D eigenvalue weighted by Crippen LogP contribution is 2.28. The van der Waals surface area contributed by atoms with Crippen LogP contribution in [0, 0.1) is 0 Å². The number of hydrogen-bond acceptors (Lipinski definition) is 5. The number of rotatable bonds is 5. The third kappa shape index (κ3) is 4.02. The minimum absolute atomic E-state index is 0.0621. The summed E-state index contributed by atoms with van der Waals surface area (Å²) in [6.07, 6.45) is -0.946. The van der Waals surface area contributed by atoms with Crippen LogP contribution in [0.15, 0.2) is 42.5 Å². The minimum Gasteiger partial charge on any atom is -0.489 e. The van der Waals surface area contributed by atoms with Crippen LogP contribution in [0.1, 0.15) is 41.5 Å². The maximum Gasteiger partial charge on any atom is 0.270 e. The number of fused-ring (bicyclic) bond motifs is 1. The van der Waals surface area contributed by atoms with Gasteiger partial charge in [0.05, 0.1) is 23.2 Å². The normalized spacial score (nSPS) is 16.5. The standard InChI is InChI=1S/C21H20ClNO5/c1-12(2)27-19-9-8-14(10-16(19)22)17(24)11-23-20(25)13(3)28-18-7-5-4-6-15(18)21(23)26/h4-10,12-13H,11H2,1-3H3/t13-/m0/s1. The fourth-order valence-electron chi connectivity index (χ4n) is 2.86. The average Bonchev–Trinajstić information content (AvgIpc) is 2.74. The Bertz CT molecular complexity index is 940. The summed E-state index contributed by atoms with van der Waals surface area (Å²) in [6, 6.07) is 11.2. The molecule has 1 atom stereocenters. The molecular formula is C21H20ClNO5. The first kappa shape index (κ1) is 19.9. The van der Waals surface area contributed by atoms with Crippen molar-refractivity contribution in [2.45, 2.75) is 33.0 Å². The zero-order valence-electron chi connectivity index (χ0n) is 15.8. The minimum atomic E-state index is -0.884. The van der Waals surface area contributed by atoms with Gasteiger partial charge in [-0.05, 0) is 51.1 Å². The van der Waals surface area contributed by atoms with Crippen molar-refractivity contribution in [1.82, 2.24) is 4.90 Å². The quantitative estimate of drug-likeness (QED) is 0.563. The number of imide groups is 1. The Morgan fingerprint density at radius 2 is 1.93 bits per heavy atom. The summed E-state index contributed by atoms with van der Waals surface area (Å²) in [6.45, 7) is 4.88. The Balaban J connectivity index is 1.85. The van der Waals surface area contributed by atoms with Gasteiger partial charge in [0.15, 0.2) is 11.9 Å². The summed E-state index contributed by atoms with van der Waals surface area (Å²) in [4.78, 5) is 39.1. The van der Waals surface area contributed by atoms with Gasteiger partial charge in [-0.25, -0.2) is 0 Å². The summed E-state index contributed by atoms with van der Waals surface area (Å²) in [5, 5.41) is 0.287. The molecule has 0 unspecified atom stereocenters. The molecule has 0 bridgehead atoms. The van der Waals surface area contributed by atoms with E-state index in [0.29, 0.717) is 11.5 Å². The van der Waals surface area contributed by atoms with E-state index in [4.69, 9.17) is 21.1 Å². The zero-order chi connectivity index (χ0) is 20.4. The number of para-hydroxylation sites is 1. The number of ketones is 1. The van der Waals surface area contributed by atoms with Crippen LogP contribution in [0.4, 0.5) is 0 Å². The molecular weight excluding hydrogens is 382 g/mol. The van der Waals surface area contributed by atoms with Gasteiger partial charge < -0.3 is 9.47 Å². The molecule has 146 valence electrons. The number of ether oxygens (including phenoxy) is 2. The Morgan fingerprint density at radius 3 is 2.61 bits per heavy atom. The molecule has 2 aromatic carbocycles. The lowest BCUT2D eigenvalue weighted by molar-refractivity contribution is -0.134. The number of carbonyl (C=O) groups is 3. The highest BCUT2D eigenvalue weighted by molar-refractivity contribution is 6.32. The molecule has 0 N–H and O–H groups in total. The smallest absolute Gasteiger partial charge is 0.270 e. The lowest BCUT2D eigenvalue weighted by Gasteiger charge is -2.20. The molecule has 1 aliphatic heterocycles. The van der Waals surface area contributed by atoms with Gasteiger partial charge in [0.2, 0.25) is 0 Å². The van der Waals surface area contributed by atoms with Crippen molar-refractivity contribution in [3.05, 3.63) is 58.6 Å². The van der Waals surface area contributed by atoms with Gasteiger partial charge in [-0.15, -0.1) is 0 Å². The SMILES string of the molecule is CC(C)Oc1ccc(C(=O)CN2C(=O)c3ccccc3O[C@@H](C)C2=O)cc1Cl. The van der Waals surface area contributed by atoms with E-state index in [9.17, 15) is 14.4 Å². The molecule has 0 spiro atoms. The van der Waals surface area contributed by atoms with Crippen LogP contribution in [0.5, 0.6) is 11.5 Å². The van der Waals surface area contributed by atoms with E-state index in [1.807, 2.05) is 13.8 Å². The lowest BCUT2D eigenvalue weighted by Crippen LogP contribution is -2.44. The van der Waals surface area contributed by atoms with Crippen molar-refractivity contribution in [2.24, 2.45) is 0 Å². The monoisotopic (exact) mass is 401 g/mol.